The Labute approximate surface area is 235 Å². The lowest BCUT2D eigenvalue weighted by Gasteiger charge is -2.00. The SMILES string of the molecule is CCCc1cc(-c2ccc(C(=O)O)s2)sc1-c1ccc(-c2sc(-c3ccc(C(=O)O)s3)cc2CCC)s1. The van der Waals surface area contributed by atoms with Crippen LogP contribution in [-0.2, 0) is 12.8 Å². The third kappa shape index (κ3) is 5.37. The quantitative estimate of drug-likeness (QED) is 0.171. The zero-order chi connectivity index (χ0) is 26.1. The molecule has 37 heavy (non-hydrogen) atoms. The molecule has 0 radical (unpaired) electrons. The lowest BCUT2D eigenvalue weighted by Crippen LogP contribution is -1.89. The van der Waals surface area contributed by atoms with Crippen LogP contribution in [0.25, 0.3) is 39.0 Å². The van der Waals surface area contributed by atoms with Gasteiger partial charge in [-0.2, -0.15) is 0 Å². The van der Waals surface area contributed by atoms with Gasteiger partial charge in [0.05, 0.1) is 0 Å². The number of rotatable bonds is 10. The normalized spacial score (nSPS) is 11.3. The van der Waals surface area contributed by atoms with Gasteiger partial charge in [-0.15, -0.1) is 56.7 Å². The summed E-state index contributed by atoms with van der Waals surface area (Å²) in [6.45, 7) is 4.36. The molecule has 0 spiro atoms. The van der Waals surface area contributed by atoms with Gasteiger partial charge in [-0.3, -0.25) is 0 Å². The topological polar surface area (TPSA) is 74.6 Å². The van der Waals surface area contributed by atoms with Crippen LogP contribution in [0.2, 0.25) is 0 Å². The van der Waals surface area contributed by atoms with E-state index in [1.54, 1.807) is 46.1 Å². The van der Waals surface area contributed by atoms with Gasteiger partial charge in [0.2, 0.25) is 0 Å². The maximum atomic E-state index is 11.4. The van der Waals surface area contributed by atoms with Crippen molar-refractivity contribution >= 4 is 68.6 Å². The van der Waals surface area contributed by atoms with E-state index in [0.29, 0.717) is 9.75 Å². The van der Waals surface area contributed by atoms with Crippen molar-refractivity contribution in [3.63, 3.8) is 0 Å². The van der Waals surface area contributed by atoms with Crippen molar-refractivity contribution in [2.75, 3.05) is 0 Å². The molecule has 0 aliphatic carbocycles. The van der Waals surface area contributed by atoms with Crippen molar-refractivity contribution in [1.82, 2.24) is 0 Å². The zero-order valence-electron chi connectivity index (χ0n) is 20.2. The minimum Gasteiger partial charge on any atom is -0.477 e. The Kier molecular flexibility index (Phi) is 7.78. The van der Waals surface area contributed by atoms with E-state index in [2.05, 4.69) is 38.1 Å². The lowest BCUT2D eigenvalue weighted by atomic mass is 10.1. The van der Waals surface area contributed by atoms with E-state index in [1.165, 1.54) is 53.3 Å². The first-order valence-electron chi connectivity index (χ1n) is 11.9. The van der Waals surface area contributed by atoms with Gasteiger partial charge in [0, 0.05) is 39.0 Å². The van der Waals surface area contributed by atoms with Crippen LogP contribution in [0.5, 0.6) is 0 Å². The van der Waals surface area contributed by atoms with Gasteiger partial charge >= 0.3 is 11.9 Å². The first kappa shape index (κ1) is 26.1. The number of aromatic carboxylic acids is 2. The van der Waals surface area contributed by atoms with Crippen LogP contribution < -0.4 is 0 Å². The standard InChI is InChI=1S/C28H24O4S5/c1-3-5-15-13-23(17-7-11-21(33-17)27(29)30)36-25(15)19-9-10-20(35-19)26-16(6-4-2)14-24(37-26)18-8-12-22(34-18)28(31)32/h7-14H,3-6H2,1-2H3,(H,29,30)(H,31,32). The van der Waals surface area contributed by atoms with Gasteiger partial charge in [-0.25, -0.2) is 9.59 Å². The fraction of sp³-hybridized carbons (Fsp3) is 0.214. The van der Waals surface area contributed by atoms with Crippen molar-refractivity contribution in [3.05, 3.63) is 69.4 Å². The average molecular weight is 585 g/mol. The Balaban J connectivity index is 1.51. The van der Waals surface area contributed by atoms with Crippen LogP contribution in [0.15, 0.2) is 48.5 Å². The minimum absolute atomic E-state index is 0.360. The highest BCUT2D eigenvalue weighted by molar-refractivity contribution is 7.30. The monoisotopic (exact) mass is 584 g/mol. The molecular formula is C28H24O4S5. The third-order valence-electron chi connectivity index (χ3n) is 5.83. The van der Waals surface area contributed by atoms with Crippen molar-refractivity contribution in [2.24, 2.45) is 0 Å². The van der Waals surface area contributed by atoms with Crippen molar-refractivity contribution < 1.29 is 19.8 Å². The summed E-state index contributed by atoms with van der Waals surface area (Å²) in [5, 5.41) is 18.7. The second kappa shape index (κ2) is 11.0. The maximum absolute atomic E-state index is 11.4. The van der Waals surface area contributed by atoms with Gasteiger partial charge in [-0.1, -0.05) is 26.7 Å². The second-order valence-corrected chi connectivity index (χ2v) is 13.9. The summed E-state index contributed by atoms with van der Waals surface area (Å²) < 4.78 is 0. The second-order valence-electron chi connectivity index (χ2n) is 8.53. The van der Waals surface area contributed by atoms with Gasteiger partial charge in [-0.05, 0) is 72.5 Å². The molecule has 0 aliphatic heterocycles. The Bertz CT molecular complexity index is 1460. The Morgan fingerprint density at radius 3 is 1.32 bits per heavy atom. The molecule has 0 aliphatic rings. The number of aryl methyl sites for hydroxylation is 2. The summed E-state index contributed by atoms with van der Waals surface area (Å²) in [7, 11) is 0. The first-order chi connectivity index (χ1) is 17.9. The molecule has 0 saturated carbocycles. The smallest absolute Gasteiger partial charge is 0.345 e. The van der Waals surface area contributed by atoms with Crippen LogP contribution in [0.4, 0.5) is 0 Å². The molecule has 0 aromatic carbocycles. The molecule has 4 nitrogen and oxygen atoms in total. The Hall–Kier alpha value is -2.56. The summed E-state index contributed by atoms with van der Waals surface area (Å²) in [4.78, 5) is 32.6. The Morgan fingerprint density at radius 2 is 0.973 bits per heavy atom. The molecule has 5 aromatic heterocycles. The van der Waals surface area contributed by atoms with Crippen LogP contribution in [-0.4, -0.2) is 22.2 Å². The molecule has 190 valence electrons. The molecule has 0 bridgehead atoms. The molecule has 0 saturated heterocycles. The fourth-order valence-corrected chi connectivity index (χ4v) is 9.75. The fourth-order valence-electron chi connectivity index (χ4n) is 4.18. The van der Waals surface area contributed by atoms with E-state index >= 15 is 0 Å². The molecule has 9 heteroatoms. The van der Waals surface area contributed by atoms with Gasteiger partial charge in [0.1, 0.15) is 9.75 Å². The summed E-state index contributed by atoms with van der Waals surface area (Å²) in [6, 6.07) is 16.0. The number of hydrogen-bond donors (Lipinski definition) is 2. The average Bonchev–Trinajstić information content (AvgIpc) is 3.68. The van der Waals surface area contributed by atoms with Crippen LogP contribution in [0.1, 0.15) is 57.2 Å². The van der Waals surface area contributed by atoms with Gasteiger partial charge in [0.25, 0.3) is 0 Å². The highest BCUT2D eigenvalue weighted by Gasteiger charge is 2.19. The molecule has 0 atom stereocenters. The maximum Gasteiger partial charge on any atom is 0.345 e. The minimum atomic E-state index is -0.885. The molecule has 2 N–H and O–H groups in total. The number of carbonyl (C=O) groups is 2. The molecule has 5 aromatic rings. The molecule has 0 unspecified atom stereocenters. The van der Waals surface area contributed by atoms with Crippen molar-refractivity contribution in [3.8, 4) is 39.0 Å². The van der Waals surface area contributed by atoms with Crippen LogP contribution in [0.3, 0.4) is 0 Å². The number of thiophene rings is 5. The summed E-state index contributed by atoms with van der Waals surface area (Å²) in [5.74, 6) is -1.77. The number of carboxylic acids is 2. The summed E-state index contributed by atoms with van der Waals surface area (Å²) in [5.41, 5.74) is 2.61. The molecule has 5 rings (SSSR count). The van der Waals surface area contributed by atoms with Crippen LogP contribution >= 0.6 is 56.7 Å². The Morgan fingerprint density at radius 1 is 0.568 bits per heavy atom. The van der Waals surface area contributed by atoms with Gasteiger partial charge < -0.3 is 10.2 Å². The predicted molar refractivity (Wildman–Crippen MR) is 159 cm³/mol. The van der Waals surface area contributed by atoms with E-state index in [0.717, 1.165) is 45.2 Å². The van der Waals surface area contributed by atoms with E-state index < -0.39 is 11.9 Å². The molecule has 0 amide bonds. The number of carboxylic acid groups (broad SMARTS) is 2. The van der Waals surface area contributed by atoms with Gasteiger partial charge in [0.15, 0.2) is 0 Å². The first-order valence-corrected chi connectivity index (χ1v) is 16.0. The van der Waals surface area contributed by atoms with E-state index in [9.17, 15) is 19.8 Å². The summed E-state index contributed by atoms with van der Waals surface area (Å²) >= 11 is 7.92. The highest BCUT2D eigenvalue weighted by atomic mass is 32.1. The molecule has 5 heterocycles. The van der Waals surface area contributed by atoms with Crippen LogP contribution in [0, 0.1) is 0 Å². The number of hydrogen-bond acceptors (Lipinski definition) is 7. The van der Waals surface area contributed by atoms with E-state index in [1.807, 2.05) is 12.1 Å². The third-order valence-corrected chi connectivity index (χ3v) is 12.2. The highest BCUT2D eigenvalue weighted by Crippen LogP contribution is 2.48. The van der Waals surface area contributed by atoms with Crippen molar-refractivity contribution in [2.45, 2.75) is 39.5 Å². The van der Waals surface area contributed by atoms with Crippen molar-refractivity contribution in [1.29, 1.82) is 0 Å². The molecule has 0 fully saturated rings. The molecular weight excluding hydrogens is 561 g/mol. The van der Waals surface area contributed by atoms with E-state index in [4.69, 9.17) is 0 Å². The predicted octanol–water partition coefficient (Wildman–Crippen LogP) is 9.96. The largest absolute Gasteiger partial charge is 0.477 e. The lowest BCUT2D eigenvalue weighted by molar-refractivity contribution is 0.0691. The summed E-state index contributed by atoms with van der Waals surface area (Å²) in [6.07, 6.45) is 4.04. The zero-order valence-corrected chi connectivity index (χ0v) is 24.3. The van der Waals surface area contributed by atoms with E-state index in [-0.39, 0.29) is 0 Å².